The van der Waals surface area contributed by atoms with Gasteiger partial charge in [-0.1, -0.05) is 334 Å². The van der Waals surface area contributed by atoms with Gasteiger partial charge in [0, 0.05) is 6.42 Å². The Labute approximate surface area is 474 Å². The van der Waals surface area contributed by atoms with Crippen LogP contribution >= 0.6 is 7.82 Å². The molecule has 0 saturated carbocycles. The Hall–Kier alpha value is -1.02. The Morgan fingerprint density at radius 1 is 0.434 bits per heavy atom. The van der Waals surface area contributed by atoms with Gasteiger partial charge < -0.3 is 19.8 Å². The number of unbranched alkanes of at least 4 members (excludes halogenated alkanes) is 48. The molecule has 3 atom stereocenters. The first kappa shape index (κ1) is 75.0. The summed E-state index contributed by atoms with van der Waals surface area (Å²) < 4.78 is 23.8. The number of hydrogen-bond acceptors (Lipinski definition) is 5. The normalized spacial score (nSPS) is 13.8. The van der Waals surface area contributed by atoms with Gasteiger partial charge in [0.25, 0.3) is 0 Å². The minimum Gasteiger partial charge on any atom is -0.387 e. The highest BCUT2D eigenvalue weighted by Crippen LogP contribution is 2.43. The lowest BCUT2D eigenvalue weighted by Gasteiger charge is -2.25. The molecule has 0 saturated heterocycles. The number of amides is 1. The van der Waals surface area contributed by atoms with E-state index in [9.17, 15) is 19.4 Å². The molecule has 0 aliphatic carbocycles. The molecule has 0 spiro atoms. The standard InChI is InChI=1S/C67H133N2O6P/c1-6-8-10-12-14-16-18-20-22-24-26-28-30-32-33-34-35-36-37-39-41-43-45-47-49-51-53-55-57-59-61-67(71)68-65(64-75-76(72,73)74-63-62-69(3,4)5)66(70)60-58-56-54-52-50-48-46-44-42-40-38-31-29-27-25-23-21-19-17-15-13-11-9-7-2/h50,52,58,60,65-66,70H,6-49,51,53-57,59,61-64H2,1-5H3,(H-,68,71,72,73)/p+1/b52-50+,60-58+. The molecule has 9 heteroatoms. The average Bonchev–Trinajstić information content (AvgIpc) is 3.38. The number of allylic oxidation sites excluding steroid dienone is 3. The summed E-state index contributed by atoms with van der Waals surface area (Å²) in [6.45, 7) is 4.86. The quantitative estimate of drug-likeness (QED) is 0.0243. The molecule has 1 amide bonds. The fourth-order valence-electron chi connectivity index (χ4n) is 10.4. The third kappa shape index (κ3) is 60.6. The van der Waals surface area contributed by atoms with E-state index in [1.54, 1.807) is 6.08 Å². The number of nitrogens with one attached hydrogen (secondary N) is 1. The summed E-state index contributed by atoms with van der Waals surface area (Å²) in [4.78, 5) is 23.4. The zero-order chi connectivity index (χ0) is 55.6. The molecule has 0 fully saturated rings. The lowest BCUT2D eigenvalue weighted by atomic mass is 10.0. The third-order valence-electron chi connectivity index (χ3n) is 15.7. The number of aliphatic hydroxyl groups excluding tert-OH is 1. The number of likely N-dealkylation sites (N-methyl/N-ethyl adjacent to an activating group) is 1. The van der Waals surface area contributed by atoms with Crippen molar-refractivity contribution in [1.82, 2.24) is 5.32 Å². The Bertz CT molecular complexity index is 1290. The molecule has 3 unspecified atom stereocenters. The number of carbonyl (C=O) groups excluding carboxylic acids is 1. The van der Waals surface area contributed by atoms with Crippen LogP contribution in [-0.4, -0.2) is 73.4 Å². The highest BCUT2D eigenvalue weighted by molar-refractivity contribution is 7.47. The van der Waals surface area contributed by atoms with E-state index in [0.717, 1.165) is 38.5 Å². The van der Waals surface area contributed by atoms with Crippen molar-refractivity contribution in [2.45, 2.75) is 360 Å². The lowest BCUT2D eigenvalue weighted by molar-refractivity contribution is -0.870. The third-order valence-corrected chi connectivity index (χ3v) is 16.7. The lowest BCUT2D eigenvalue weighted by Crippen LogP contribution is -2.45. The van der Waals surface area contributed by atoms with Gasteiger partial charge >= 0.3 is 7.82 Å². The van der Waals surface area contributed by atoms with E-state index in [1.165, 1.54) is 289 Å². The fourth-order valence-corrected chi connectivity index (χ4v) is 11.2. The average molecular weight is 1090 g/mol. The van der Waals surface area contributed by atoms with E-state index >= 15 is 0 Å². The van der Waals surface area contributed by atoms with Crippen molar-refractivity contribution in [3.63, 3.8) is 0 Å². The zero-order valence-corrected chi connectivity index (χ0v) is 52.7. The van der Waals surface area contributed by atoms with E-state index in [4.69, 9.17) is 9.05 Å². The summed E-state index contributed by atoms with van der Waals surface area (Å²) in [6, 6.07) is -0.861. The van der Waals surface area contributed by atoms with Gasteiger partial charge in [0.15, 0.2) is 0 Å². The molecule has 0 radical (unpaired) electrons. The van der Waals surface area contributed by atoms with Crippen LogP contribution in [0.25, 0.3) is 0 Å². The maximum Gasteiger partial charge on any atom is 0.472 e. The van der Waals surface area contributed by atoms with Gasteiger partial charge in [-0.25, -0.2) is 4.57 Å². The summed E-state index contributed by atoms with van der Waals surface area (Å²) in [6.07, 6.45) is 76.1. The number of aliphatic hydroxyl groups is 1. The SMILES string of the molecule is CCCCCCCCCCCCCCCCCCCC/C=C/CC/C=C/C(O)C(COP(=O)(O)OCC[N+](C)(C)C)NC(=O)CCCCCCCCCCCCCCCCCCCCCCCCCCCCCCCC. The predicted molar refractivity (Wildman–Crippen MR) is 332 cm³/mol. The van der Waals surface area contributed by atoms with Crippen molar-refractivity contribution >= 4 is 13.7 Å². The maximum absolute atomic E-state index is 13.0. The summed E-state index contributed by atoms with van der Waals surface area (Å²) in [5, 5.41) is 14.0. The second-order valence-corrected chi connectivity index (χ2v) is 26.0. The van der Waals surface area contributed by atoms with Crippen LogP contribution in [0.3, 0.4) is 0 Å². The van der Waals surface area contributed by atoms with Crippen LogP contribution in [0.2, 0.25) is 0 Å². The molecule has 0 bridgehead atoms. The Morgan fingerprint density at radius 3 is 1.05 bits per heavy atom. The molecular formula is C67H134N2O6P+. The molecule has 8 nitrogen and oxygen atoms in total. The molecule has 0 aliphatic rings. The number of rotatable bonds is 63. The van der Waals surface area contributed by atoms with Gasteiger partial charge in [-0.2, -0.15) is 0 Å². The zero-order valence-electron chi connectivity index (χ0n) is 51.8. The van der Waals surface area contributed by atoms with E-state index in [-0.39, 0.29) is 19.1 Å². The molecule has 76 heavy (non-hydrogen) atoms. The fraction of sp³-hybridized carbons (Fsp3) is 0.925. The molecule has 0 aromatic heterocycles. The van der Waals surface area contributed by atoms with Crippen molar-refractivity contribution in [2.75, 3.05) is 40.9 Å². The van der Waals surface area contributed by atoms with Crippen molar-refractivity contribution in [1.29, 1.82) is 0 Å². The maximum atomic E-state index is 13.0. The molecular weight excluding hydrogens is 960 g/mol. The molecule has 0 aromatic rings. The second-order valence-electron chi connectivity index (χ2n) is 24.6. The Morgan fingerprint density at radius 2 is 0.724 bits per heavy atom. The second kappa shape index (κ2) is 58.6. The number of phosphoric ester groups is 1. The number of hydrogen-bond donors (Lipinski definition) is 3. The minimum absolute atomic E-state index is 0.0590. The van der Waals surface area contributed by atoms with Crippen LogP contribution in [0.4, 0.5) is 0 Å². The van der Waals surface area contributed by atoms with Crippen LogP contribution in [0, 0.1) is 0 Å². The molecule has 0 rings (SSSR count). The van der Waals surface area contributed by atoms with Crippen LogP contribution in [-0.2, 0) is 18.4 Å². The molecule has 0 aliphatic heterocycles. The van der Waals surface area contributed by atoms with Gasteiger partial charge in [-0.3, -0.25) is 13.8 Å². The van der Waals surface area contributed by atoms with Crippen LogP contribution in [0.1, 0.15) is 348 Å². The van der Waals surface area contributed by atoms with Gasteiger partial charge in [0.1, 0.15) is 13.2 Å². The molecule has 3 N–H and O–H groups in total. The summed E-state index contributed by atoms with van der Waals surface area (Å²) >= 11 is 0. The first-order valence-corrected chi connectivity index (χ1v) is 35.2. The smallest absolute Gasteiger partial charge is 0.387 e. The topological polar surface area (TPSA) is 105 Å². The predicted octanol–water partition coefficient (Wildman–Crippen LogP) is 21.1. The number of phosphoric acid groups is 1. The van der Waals surface area contributed by atoms with E-state index in [2.05, 4.69) is 31.3 Å². The molecule has 0 aromatic carbocycles. The number of nitrogens with zero attached hydrogens (tertiary/aromatic N) is 1. The summed E-state index contributed by atoms with van der Waals surface area (Å²) in [7, 11) is 1.57. The Balaban J connectivity index is 4.08. The van der Waals surface area contributed by atoms with Gasteiger partial charge in [0.05, 0.1) is 39.9 Å². The monoisotopic (exact) mass is 1090 g/mol. The van der Waals surface area contributed by atoms with Crippen molar-refractivity contribution in [2.24, 2.45) is 0 Å². The first-order chi connectivity index (χ1) is 37.0. The summed E-state index contributed by atoms with van der Waals surface area (Å²) in [5.74, 6) is -0.178. The first-order valence-electron chi connectivity index (χ1n) is 33.7. The van der Waals surface area contributed by atoms with Gasteiger partial charge in [-0.15, -0.1) is 0 Å². The van der Waals surface area contributed by atoms with Crippen molar-refractivity contribution in [3.05, 3.63) is 24.3 Å². The summed E-state index contributed by atoms with van der Waals surface area (Å²) in [5.41, 5.74) is 0. The molecule has 0 heterocycles. The number of quaternary nitrogens is 1. The molecule has 452 valence electrons. The van der Waals surface area contributed by atoms with Gasteiger partial charge in [-0.05, 0) is 32.1 Å². The highest BCUT2D eigenvalue weighted by Gasteiger charge is 2.28. The van der Waals surface area contributed by atoms with Crippen molar-refractivity contribution < 1.29 is 32.9 Å². The van der Waals surface area contributed by atoms with Gasteiger partial charge in [0.2, 0.25) is 5.91 Å². The van der Waals surface area contributed by atoms with E-state index in [1.807, 2.05) is 27.2 Å². The van der Waals surface area contributed by atoms with Crippen LogP contribution in [0.15, 0.2) is 24.3 Å². The highest BCUT2D eigenvalue weighted by atomic mass is 31.2. The Kier molecular flexibility index (Phi) is 57.8. The largest absolute Gasteiger partial charge is 0.472 e. The van der Waals surface area contributed by atoms with Crippen molar-refractivity contribution in [3.8, 4) is 0 Å². The van der Waals surface area contributed by atoms with Crippen LogP contribution < -0.4 is 5.32 Å². The van der Waals surface area contributed by atoms with E-state index in [0.29, 0.717) is 17.4 Å². The minimum atomic E-state index is -4.36. The number of carbonyl (C=O) groups is 1. The van der Waals surface area contributed by atoms with Crippen LogP contribution in [0.5, 0.6) is 0 Å². The van der Waals surface area contributed by atoms with E-state index < -0.39 is 20.0 Å².